The topological polar surface area (TPSA) is 94.3 Å². The van der Waals surface area contributed by atoms with Gasteiger partial charge in [-0.05, 0) is 18.6 Å². The van der Waals surface area contributed by atoms with E-state index in [1.807, 2.05) is 0 Å². The lowest BCUT2D eigenvalue weighted by molar-refractivity contribution is -0.130. The number of nitrogens with one attached hydrogen (secondary N) is 1. The summed E-state index contributed by atoms with van der Waals surface area (Å²) >= 11 is 5.66. The second-order valence-corrected chi connectivity index (χ2v) is 4.24. The molecule has 19 heavy (non-hydrogen) atoms. The molecule has 1 rings (SSSR count). The van der Waals surface area contributed by atoms with E-state index >= 15 is 0 Å². The maximum atomic E-state index is 11.5. The molecule has 0 aliphatic rings. The van der Waals surface area contributed by atoms with Crippen molar-refractivity contribution in [2.75, 3.05) is 13.2 Å². The Balaban J connectivity index is 2.60. The van der Waals surface area contributed by atoms with Crippen molar-refractivity contribution in [3.63, 3.8) is 0 Å². The number of pyridine rings is 1. The van der Waals surface area contributed by atoms with E-state index in [1.54, 1.807) is 19.1 Å². The minimum Gasteiger partial charge on any atom is -0.372 e. The van der Waals surface area contributed by atoms with E-state index in [0.717, 1.165) is 5.56 Å². The molecule has 1 heterocycles. The third kappa shape index (κ3) is 5.67. The van der Waals surface area contributed by atoms with Gasteiger partial charge in [-0.25, -0.2) is 4.98 Å². The number of hydrogen-bond donors (Lipinski definition) is 2. The number of hydrogen-bond acceptors (Lipinski definition) is 4. The van der Waals surface area contributed by atoms with Gasteiger partial charge < -0.3 is 15.8 Å². The standard InChI is InChI=1S/C12H16ClN3O3/c1-2-19-7-11(17)16-9(12(14)18)5-8-3-4-10(13)15-6-8/h3-4,6,9H,2,5,7H2,1H3,(H2,14,18)(H,16,17)/t9-/m1/s1. The Morgan fingerprint density at radius 3 is 2.79 bits per heavy atom. The second kappa shape index (κ2) is 7.70. The largest absolute Gasteiger partial charge is 0.372 e. The molecule has 1 aromatic heterocycles. The predicted molar refractivity (Wildman–Crippen MR) is 70.6 cm³/mol. The van der Waals surface area contributed by atoms with Gasteiger partial charge in [0.1, 0.15) is 17.8 Å². The van der Waals surface area contributed by atoms with Crippen molar-refractivity contribution >= 4 is 23.4 Å². The van der Waals surface area contributed by atoms with Crippen LogP contribution >= 0.6 is 11.6 Å². The number of halogens is 1. The Morgan fingerprint density at radius 2 is 2.26 bits per heavy atom. The maximum absolute atomic E-state index is 11.5. The molecule has 0 saturated heterocycles. The minimum absolute atomic E-state index is 0.0981. The number of rotatable bonds is 7. The zero-order chi connectivity index (χ0) is 14.3. The van der Waals surface area contributed by atoms with Gasteiger partial charge in [-0.1, -0.05) is 17.7 Å². The summed E-state index contributed by atoms with van der Waals surface area (Å²) in [4.78, 5) is 26.7. The van der Waals surface area contributed by atoms with Crippen LogP contribution in [0, 0.1) is 0 Å². The van der Waals surface area contributed by atoms with E-state index in [9.17, 15) is 9.59 Å². The molecule has 6 nitrogen and oxygen atoms in total. The van der Waals surface area contributed by atoms with Gasteiger partial charge in [-0.2, -0.15) is 0 Å². The predicted octanol–water partition coefficient (Wildman–Crippen LogP) is 0.284. The average molecular weight is 286 g/mol. The van der Waals surface area contributed by atoms with Crippen LogP contribution in [0.15, 0.2) is 18.3 Å². The molecule has 3 N–H and O–H groups in total. The first-order valence-corrected chi connectivity index (χ1v) is 6.17. The van der Waals surface area contributed by atoms with Crippen LogP contribution in [0.5, 0.6) is 0 Å². The summed E-state index contributed by atoms with van der Waals surface area (Å²) in [5.41, 5.74) is 6.01. The van der Waals surface area contributed by atoms with Crippen molar-refractivity contribution in [1.29, 1.82) is 0 Å². The third-order valence-electron chi connectivity index (χ3n) is 2.34. The monoisotopic (exact) mass is 285 g/mol. The smallest absolute Gasteiger partial charge is 0.246 e. The van der Waals surface area contributed by atoms with Gasteiger partial charge in [0, 0.05) is 19.2 Å². The molecule has 1 atom stereocenters. The van der Waals surface area contributed by atoms with Gasteiger partial charge in [-0.3, -0.25) is 9.59 Å². The van der Waals surface area contributed by atoms with Crippen molar-refractivity contribution in [2.45, 2.75) is 19.4 Å². The summed E-state index contributed by atoms with van der Waals surface area (Å²) in [7, 11) is 0. The van der Waals surface area contributed by atoms with Gasteiger partial charge in [0.15, 0.2) is 0 Å². The van der Waals surface area contributed by atoms with Crippen LogP contribution < -0.4 is 11.1 Å². The number of ether oxygens (including phenoxy) is 1. The molecule has 0 unspecified atom stereocenters. The molecule has 7 heteroatoms. The number of nitrogens with two attached hydrogens (primary N) is 1. The molecule has 0 aliphatic carbocycles. The number of carbonyl (C=O) groups is 2. The average Bonchev–Trinajstić information content (AvgIpc) is 2.38. The Bertz CT molecular complexity index is 436. The maximum Gasteiger partial charge on any atom is 0.246 e. The molecule has 0 bridgehead atoms. The Labute approximate surface area is 116 Å². The third-order valence-corrected chi connectivity index (χ3v) is 2.57. The SMILES string of the molecule is CCOCC(=O)N[C@H](Cc1ccc(Cl)nc1)C(N)=O. The minimum atomic E-state index is -0.795. The van der Waals surface area contributed by atoms with E-state index in [1.165, 1.54) is 6.20 Å². The zero-order valence-electron chi connectivity index (χ0n) is 10.6. The lowest BCUT2D eigenvalue weighted by Gasteiger charge is -2.15. The van der Waals surface area contributed by atoms with Crippen molar-refractivity contribution in [3.05, 3.63) is 29.0 Å². The lowest BCUT2D eigenvalue weighted by Crippen LogP contribution is -2.47. The van der Waals surface area contributed by atoms with Crippen LogP contribution in [-0.4, -0.2) is 36.1 Å². The first-order chi connectivity index (χ1) is 9.02. The molecule has 0 aromatic carbocycles. The van der Waals surface area contributed by atoms with E-state index in [-0.39, 0.29) is 18.9 Å². The fraction of sp³-hybridized carbons (Fsp3) is 0.417. The molecule has 2 amide bonds. The van der Waals surface area contributed by atoms with Gasteiger partial charge in [0.25, 0.3) is 0 Å². The van der Waals surface area contributed by atoms with E-state index in [0.29, 0.717) is 11.8 Å². The fourth-order valence-electron chi connectivity index (χ4n) is 1.42. The number of amides is 2. The molecular weight excluding hydrogens is 270 g/mol. The Kier molecular flexibility index (Phi) is 6.24. The normalized spacial score (nSPS) is 11.9. The van der Waals surface area contributed by atoms with Crippen molar-refractivity contribution < 1.29 is 14.3 Å². The van der Waals surface area contributed by atoms with E-state index < -0.39 is 11.9 Å². The van der Waals surface area contributed by atoms with E-state index in [2.05, 4.69) is 10.3 Å². The van der Waals surface area contributed by atoms with Crippen LogP contribution in [0.25, 0.3) is 0 Å². The quantitative estimate of drug-likeness (QED) is 0.704. The van der Waals surface area contributed by atoms with Crippen molar-refractivity contribution in [2.24, 2.45) is 5.73 Å². The highest BCUT2D eigenvalue weighted by atomic mass is 35.5. The fourth-order valence-corrected chi connectivity index (χ4v) is 1.53. The first kappa shape index (κ1) is 15.4. The summed E-state index contributed by atoms with van der Waals surface area (Å²) in [6.45, 7) is 2.10. The van der Waals surface area contributed by atoms with Crippen LogP contribution in [-0.2, 0) is 20.7 Å². The first-order valence-electron chi connectivity index (χ1n) is 5.79. The molecule has 0 radical (unpaired) electrons. The van der Waals surface area contributed by atoms with Crippen molar-refractivity contribution in [1.82, 2.24) is 10.3 Å². The Hall–Kier alpha value is -1.66. The number of nitrogens with zero attached hydrogens (tertiary/aromatic N) is 1. The lowest BCUT2D eigenvalue weighted by atomic mass is 10.1. The number of carbonyl (C=O) groups excluding carboxylic acids is 2. The van der Waals surface area contributed by atoms with Gasteiger partial charge in [0.05, 0.1) is 0 Å². The summed E-state index contributed by atoms with van der Waals surface area (Å²) in [5.74, 6) is -0.993. The molecule has 1 aromatic rings. The number of primary amides is 1. The zero-order valence-corrected chi connectivity index (χ0v) is 11.3. The Morgan fingerprint density at radius 1 is 1.53 bits per heavy atom. The van der Waals surface area contributed by atoms with Crippen LogP contribution in [0.4, 0.5) is 0 Å². The molecule has 0 saturated carbocycles. The highest BCUT2D eigenvalue weighted by molar-refractivity contribution is 6.29. The van der Waals surface area contributed by atoms with Crippen LogP contribution in [0.1, 0.15) is 12.5 Å². The highest BCUT2D eigenvalue weighted by Gasteiger charge is 2.18. The molecule has 0 aliphatic heterocycles. The molecule has 104 valence electrons. The van der Waals surface area contributed by atoms with Crippen molar-refractivity contribution in [3.8, 4) is 0 Å². The molecule has 0 spiro atoms. The summed E-state index contributed by atoms with van der Waals surface area (Å²) in [6.07, 6.45) is 1.80. The second-order valence-electron chi connectivity index (χ2n) is 3.85. The van der Waals surface area contributed by atoms with Gasteiger partial charge in [-0.15, -0.1) is 0 Å². The summed E-state index contributed by atoms with van der Waals surface area (Å²) < 4.78 is 4.95. The molecule has 0 fully saturated rings. The summed E-state index contributed by atoms with van der Waals surface area (Å²) in [6, 6.07) is 2.53. The molecular formula is C12H16ClN3O3. The van der Waals surface area contributed by atoms with Crippen LogP contribution in [0.2, 0.25) is 5.15 Å². The van der Waals surface area contributed by atoms with Crippen LogP contribution in [0.3, 0.4) is 0 Å². The number of aromatic nitrogens is 1. The van der Waals surface area contributed by atoms with Gasteiger partial charge >= 0.3 is 0 Å². The highest BCUT2D eigenvalue weighted by Crippen LogP contribution is 2.07. The summed E-state index contributed by atoms with van der Waals surface area (Å²) in [5, 5.41) is 2.88. The van der Waals surface area contributed by atoms with Gasteiger partial charge in [0.2, 0.25) is 11.8 Å². The van der Waals surface area contributed by atoms with E-state index in [4.69, 9.17) is 22.1 Å².